The van der Waals surface area contributed by atoms with Crippen LogP contribution < -0.4 is 10.6 Å². The summed E-state index contributed by atoms with van der Waals surface area (Å²) < 4.78 is 4.91. The van der Waals surface area contributed by atoms with Gasteiger partial charge in [0.15, 0.2) is 0 Å². The predicted molar refractivity (Wildman–Crippen MR) is 94.2 cm³/mol. The highest BCUT2D eigenvalue weighted by Crippen LogP contribution is 2.14. The Hall–Kier alpha value is -2.37. The molecule has 2 N–H and O–H groups in total. The molecule has 2 aromatic rings. The fraction of sp³-hybridized carbons (Fsp3) is 0.222. The first kappa shape index (κ1) is 18.0. The molecule has 0 saturated heterocycles. The molecule has 0 spiro atoms. The zero-order valence-corrected chi connectivity index (χ0v) is 14.1. The van der Waals surface area contributed by atoms with Gasteiger partial charge in [-0.25, -0.2) is 4.79 Å². The first-order valence-corrected chi connectivity index (χ1v) is 7.99. The predicted octanol–water partition coefficient (Wildman–Crippen LogP) is 3.25. The van der Waals surface area contributed by atoms with Crippen molar-refractivity contribution < 1.29 is 14.3 Å². The van der Waals surface area contributed by atoms with Crippen LogP contribution in [0.15, 0.2) is 48.5 Å². The number of hydrogen-bond donors (Lipinski definition) is 2. The van der Waals surface area contributed by atoms with Crippen LogP contribution in [0, 0.1) is 0 Å². The van der Waals surface area contributed by atoms with Crippen LogP contribution in [0.1, 0.15) is 22.8 Å². The molecule has 0 bridgehead atoms. The van der Waals surface area contributed by atoms with E-state index < -0.39 is 0 Å². The maximum Gasteiger partial charge on any atom is 0.338 e. The molecule has 0 radical (unpaired) electrons. The minimum atomic E-state index is -0.378. The van der Waals surface area contributed by atoms with Gasteiger partial charge in [-0.1, -0.05) is 29.8 Å². The van der Waals surface area contributed by atoms with Crippen molar-refractivity contribution in [2.45, 2.75) is 13.5 Å². The molecule has 0 heterocycles. The van der Waals surface area contributed by atoms with Gasteiger partial charge in [0.1, 0.15) is 0 Å². The second kappa shape index (κ2) is 9.05. The van der Waals surface area contributed by atoms with Gasteiger partial charge in [-0.3, -0.25) is 4.79 Å². The monoisotopic (exact) mass is 346 g/mol. The topological polar surface area (TPSA) is 67.4 Å². The van der Waals surface area contributed by atoms with E-state index in [1.807, 2.05) is 24.3 Å². The standard InChI is InChI=1S/C18H19ClN2O3/c1-2-24-18(23)13-7-9-15(10-8-13)21-17(22)12-20-11-14-5-3-4-6-16(14)19/h3-10,20H,2,11-12H2,1H3,(H,21,22). The van der Waals surface area contributed by atoms with Crippen molar-refractivity contribution in [3.63, 3.8) is 0 Å². The molecule has 6 heteroatoms. The van der Waals surface area contributed by atoms with Crippen LogP contribution in [-0.4, -0.2) is 25.0 Å². The van der Waals surface area contributed by atoms with Crippen LogP contribution in [0.25, 0.3) is 0 Å². The molecular weight excluding hydrogens is 328 g/mol. The van der Waals surface area contributed by atoms with Gasteiger partial charge in [0.2, 0.25) is 5.91 Å². The van der Waals surface area contributed by atoms with Crippen molar-refractivity contribution in [2.75, 3.05) is 18.5 Å². The third kappa shape index (κ3) is 5.37. The van der Waals surface area contributed by atoms with Gasteiger partial charge >= 0.3 is 5.97 Å². The minimum Gasteiger partial charge on any atom is -0.462 e. The van der Waals surface area contributed by atoms with Crippen LogP contribution >= 0.6 is 11.6 Å². The van der Waals surface area contributed by atoms with Crippen molar-refractivity contribution >= 4 is 29.2 Å². The molecule has 0 aliphatic rings. The number of halogens is 1. The van der Waals surface area contributed by atoms with Crippen molar-refractivity contribution in [3.8, 4) is 0 Å². The van der Waals surface area contributed by atoms with Crippen LogP contribution in [0.4, 0.5) is 5.69 Å². The maximum atomic E-state index is 11.9. The Morgan fingerprint density at radius 2 is 1.79 bits per heavy atom. The van der Waals surface area contributed by atoms with E-state index in [1.165, 1.54) is 0 Å². The molecule has 0 fully saturated rings. The molecule has 5 nitrogen and oxygen atoms in total. The van der Waals surface area contributed by atoms with Gasteiger partial charge in [-0.05, 0) is 42.8 Å². The molecule has 2 rings (SSSR count). The summed E-state index contributed by atoms with van der Waals surface area (Å²) in [4.78, 5) is 23.5. The van der Waals surface area contributed by atoms with E-state index in [0.29, 0.717) is 29.4 Å². The lowest BCUT2D eigenvalue weighted by Crippen LogP contribution is -2.27. The zero-order chi connectivity index (χ0) is 17.4. The fourth-order valence-corrected chi connectivity index (χ4v) is 2.26. The molecule has 0 unspecified atom stereocenters. The van der Waals surface area contributed by atoms with E-state index in [0.717, 1.165) is 5.56 Å². The molecule has 0 atom stereocenters. The van der Waals surface area contributed by atoms with Crippen LogP contribution in [-0.2, 0) is 16.1 Å². The molecule has 0 saturated carbocycles. The molecule has 24 heavy (non-hydrogen) atoms. The van der Waals surface area contributed by atoms with Gasteiger partial charge in [-0.2, -0.15) is 0 Å². The Bertz CT molecular complexity index is 702. The number of rotatable bonds is 7. The second-order valence-corrected chi connectivity index (χ2v) is 5.45. The number of anilines is 1. The average Bonchev–Trinajstić information content (AvgIpc) is 2.57. The van der Waals surface area contributed by atoms with E-state index in [9.17, 15) is 9.59 Å². The summed E-state index contributed by atoms with van der Waals surface area (Å²) in [6, 6.07) is 14.0. The minimum absolute atomic E-state index is 0.158. The number of esters is 1. The van der Waals surface area contributed by atoms with Crippen molar-refractivity contribution in [2.24, 2.45) is 0 Å². The van der Waals surface area contributed by atoms with Gasteiger partial charge < -0.3 is 15.4 Å². The van der Waals surface area contributed by atoms with Crippen LogP contribution in [0.5, 0.6) is 0 Å². The number of nitrogens with one attached hydrogen (secondary N) is 2. The quantitative estimate of drug-likeness (QED) is 0.755. The van der Waals surface area contributed by atoms with Gasteiger partial charge in [0.25, 0.3) is 0 Å². The fourth-order valence-electron chi connectivity index (χ4n) is 2.06. The highest BCUT2D eigenvalue weighted by molar-refractivity contribution is 6.31. The summed E-state index contributed by atoms with van der Waals surface area (Å²) in [5.74, 6) is -0.553. The second-order valence-electron chi connectivity index (χ2n) is 5.04. The Balaban J connectivity index is 1.80. The summed E-state index contributed by atoms with van der Waals surface area (Å²) in [6.07, 6.45) is 0. The molecule has 0 aromatic heterocycles. The largest absolute Gasteiger partial charge is 0.462 e. The number of hydrogen-bond acceptors (Lipinski definition) is 4. The highest BCUT2D eigenvalue weighted by Gasteiger charge is 2.07. The highest BCUT2D eigenvalue weighted by atomic mass is 35.5. The third-order valence-electron chi connectivity index (χ3n) is 3.24. The molecule has 1 amide bonds. The SMILES string of the molecule is CCOC(=O)c1ccc(NC(=O)CNCc2ccccc2Cl)cc1. The van der Waals surface area contributed by atoms with Crippen molar-refractivity contribution in [1.82, 2.24) is 5.32 Å². The number of carbonyl (C=O) groups is 2. The van der Waals surface area contributed by atoms with E-state index >= 15 is 0 Å². The smallest absolute Gasteiger partial charge is 0.338 e. The van der Waals surface area contributed by atoms with Crippen LogP contribution in [0.2, 0.25) is 5.02 Å². The maximum absolute atomic E-state index is 11.9. The first-order valence-electron chi connectivity index (χ1n) is 7.61. The molecule has 2 aromatic carbocycles. The molecule has 0 aliphatic carbocycles. The molecular formula is C18H19ClN2O3. The lowest BCUT2D eigenvalue weighted by molar-refractivity contribution is -0.115. The summed E-state index contributed by atoms with van der Waals surface area (Å²) in [7, 11) is 0. The van der Waals surface area contributed by atoms with Crippen molar-refractivity contribution in [3.05, 3.63) is 64.7 Å². The number of amides is 1. The first-order chi connectivity index (χ1) is 11.6. The van der Waals surface area contributed by atoms with Gasteiger partial charge in [-0.15, -0.1) is 0 Å². The Kier molecular flexibility index (Phi) is 6.78. The van der Waals surface area contributed by atoms with Crippen LogP contribution in [0.3, 0.4) is 0 Å². The third-order valence-corrected chi connectivity index (χ3v) is 3.61. The summed E-state index contributed by atoms with van der Waals surface area (Å²) in [5, 5.41) is 6.46. The number of carbonyl (C=O) groups excluding carboxylic acids is 2. The van der Waals surface area contributed by atoms with Gasteiger partial charge in [0, 0.05) is 17.3 Å². The summed E-state index contributed by atoms with van der Waals surface area (Å²) >= 11 is 6.05. The van der Waals surface area contributed by atoms with E-state index in [1.54, 1.807) is 31.2 Å². The Morgan fingerprint density at radius 1 is 1.08 bits per heavy atom. The normalized spacial score (nSPS) is 10.2. The van der Waals surface area contributed by atoms with E-state index in [4.69, 9.17) is 16.3 Å². The zero-order valence-electron chi connectivity index (χ0n) is 13.3. The number of ether oxygens (including phenoxy) is 1. The summed E-state index contributed by atoms with van der Waals surface area (Å²) in [6.45, 7) is 2.75. The summed E-state index contributed by atoms with van der Waals surface area (Å²) in [5.41, 5.74) is 2.00. The van der Waals surface area contributed by atoms with E-state index in [-0.39, 0.29) is 18.4 Å². The lowest BCUT2D eigenvalue weighted by atomic mass is 10.2. The van der Waals surface area contributed by atoms with E-state index in [2.05, 4.69) is 10.6 Å². The average molecular weight is 347 g/mol. The molecule has 0 aliphatic heterocycles. The lowest BCUT2D eigenvalue weighted by Gasteiger charge is -2.08. The van der Waals surface area contributed by atoms with Gasteiger partial charge in [0.05, 0.1) is 18.7 Å². The number of benzene rings is 2. The molecule has 126 valence electrons. The van der Waals surface area contributed by atoms with Crippen molar-refractivity contribution in [1.29, 1.82) is 0 Å². The Morgan fingerprint density at radius 3 is 2.46 bits per heavy atom. The Labute approximate surface area is 146 Å².